The van der Waals surface area contributed by atoms with E-state index in [0.29, 0.717) is 6.54 Å². The van der Waals surface area contributed by atoms with Crippen molar-refractivity contribution in [1.29, 1.82) is 0 Å². The van der Waals surface area contributed by atoms with E-state index in [1.807, 2.05) is 6.92 Å². The Hall–Kier alpha value is -1.00. The van der Waals surface area contributed by atoms with Crippen LogP contribution >= 0.6 is 0 Å². The van der Waals surface area contributed by atoms with Crippen LogP contribution in [0.1, 0.15) is 12.6 Å². The first kappa shape index (κ1) is 9.09. The maximum atomic E-state index is 11.8. The summed E-state index contributed by atoms with van der Waals surface area (Å²) in [6.07, 6.45) is -2.29. The Bertz CT molecular complexity index is 251. The van der Waals surface area contributed by atoms with Crippen LogP contribution in [0.5, 0.6) is 0 Å². The molecule has 0 bridgehead atoms. The molecule has 12 heavy (non-hydrogen) atoms. The van der Waals surface area contributed by atoms with Gasteiger partial charge in [-0.3, -0.25) is 0 Å². The number of nitrogens with zero attached hydrogens (tertiary/aromatic N) is 2. The summed E-state index contributed by atoms with van der Waals surface area (Å²) in [6.45, 7) is 2.49. The minimum absolute atomic E-state index is 0.0735. The summed E-state index contributed by atoms with van der Waals surface area (Å²) in [6, 6.07) is 0. The first-order chi connectivity index (χ1) is 5.51. The Kier molecular flexibility index (Phi) is 2.40. The van der Waals surface area contributed by atoms with Crippen LogP contribution in [-0.4, -0.2) is 15.7 Å². The molecule has 1 aromatic heterocycles. The molecule has 0 amide bonds. The van der Waals surface area contributed by atoms with Gasteiger partial charge in [-0.15, -0.1) is 0 Å². The minimum atomic E-state index is -4.16. The molecule has 0 aliphatic heterocycles. The van der Waals surface area contributed by atoms with Crippen molar-refractivity contribution in [1.82, 2.24) is 9.55 Å². The van der Waals surface area contributed by atoms with Crippen LogP contribution in [-0.2, 0) is 13.0 Å². The van der Waals surface area contributed by atoms with Crippen molar-refractivity contribution in [2.45, 2.75) is 26.1 Å². The van der Waals surface area contributed by atoms with Gasteiger partial charge >= 0.3 is 6.18 Å². The largest absolute Gasteiger partial charge is 0.394 e. The third-order valence-electron chi connectivity index (χ3n) is 1.43. The van der Waals surface area contributed by atoms with Crippen molar-refractivity contribution < 1.29 is 13.2 Å². The Morgan fingerprint density at radius 2 is 2.17 bits per heavy atom. The van der Waals surface area contributed by atoms with E-state index in [9.17, 15) is 13.2 Å². The van der Waals surface area contributed by atoms with E-state index >= 15 is 0 Å². The summed E-state index contributed by atoms with van der Waals surface area (Å²) in [5.41, 5.74) is 0.0735. The Balaban J connectivity index is 2.64. The molecule has 0 unspecified atom stereocenters. The number of aryl methyl sites for hydroxylation is 1. The summed E-state index contributed by atoms with van der Waals surface area (Å²) < 4.78 is 37.0. The molecule has 0 aliphatic carbocycles. The molecule has 68 valence electrons. The van der Waals surface area contributed by atoms with Crippen LogP contribution in [0.15, 0.2) is 12.5 Å². The van der Waals surface area contributed by atoms with Gasteiger partial charge in [-0.05, 0) is 6.92 Å². The van der Waals surface area contributed by atoms with Gasteiger partial charge in [0.05, 0.1) is 18.4 Å². The molecule has 0 N–H and O–H groups in total. The van der Waals surface area contributed by atoms with Crippen molar-refractivity contribution in [2.75, 3.05) is 0 Å². The monoisotopic (exact) mass is 178 g/mol. The molecule has 0 radical (unpaired) electrons. The number of alkyl halides is 3. The normalized spacial score (nSPS) is 12.0. The summed E-state index contributed by atoms with van der Waals surface area (Å²) in [5, 5.41) is 0. The molecular formula is C7H9F3N2. The molecule has 2 nitrogen and oxygen atoms in total. The zero-order valence-corrected chi connectivity index (χ0v) is 6.60. The standard InChI is InChI=1S/C7H9F3N2/c1-2-12-4-6(11-5-12)3-7(8,9)10/h4-5H,2-3H2,1H3. The van der Waals surface area contributed by atoms with E-state index < -0.39 is 12.6 Å². The fourth-order valence-electron chi connectivity index (χ4n) is 0.876. The molecule has 0 atom stereocenters. The van der Waals surface area contributed by atoms with Crippen LogP contribution in [0.2, 0.25) is 0 Å². The first-order valence-electron chi connectivity index (χ1n) is 3.58. The highest BCUT2D eigenvalue weighted by Gasteiger charge is 2.28. The minimum Gasteiger partial charge on any atom is -0.337 e. The second-order valence-corrected chi connectivity index (χ2v) is 2.49. The Morgan fingerprint density at radius 3 is 2.58 bits per heavy atom. The summed E-state index contributed by atoms with van der Waals surface area (Å²) in [4.78, 5) is 3.62. The topological polar surface area (TPSA) is 17.8 Å². The molecule has 0 saturated carbocycles. The molecule has 1 rings (SSSR count). The van der Waals surface area contributed by atoms with Crippen molar-refractivity contribution in [3.8, 4) is 0 Å². The Morgan fingerprint density at radius 1 is 1.50 bits per heavy atom. The zero-order chi connectivity index (χ0) is 9.19. The summed E-state index contributed by atoms with van der Waals surface area (Å²) >= 11 is 0. The van der Waals surface area contributed by atoms with Crippen LogP contribution in [0.25, 0.3) is 0 Å². The lowest BCUT2D eigenvalue weighted by Crippen LogP contribution is -2.11. The van der Waals surface area contributed by atoms with Gasteiger partial charge in [0.15, 0.2) is 0 Å². The lowest BCUT2D eigenvalue weighted by atomic mass is 10.3. The van der Waals surface area contributed by atoms with Crippen molar-refractivity contribution in [3.05, 3.63) is 18.2 Å². The van der Waals surface area contributed by atoms with Crippen LogP contribution in [0, 0.1) is 0 Å². The van der Waals surface area contributed by atoms with Gasteiger partial charge in [-0.25, -0.2) is 4.98 Å². The lowest BCUT2D eigenvalue weighted by Gasteiger charge is -2.01. The summed E-state index contributed by atoms with van der Waals surface area (Å²) in [5.74, 6) is 0. The van der Waals surface area contributed by atoms with E-state index in [-0.39, 0.29) is 5.69 Å². The maximum absolute atomic E-state index is 11.8. The highest BCUT2D eigenvalue weighted by Crippen LogP contribution is 2.19. The van der Waals surface area contributed by atoms with Crippen LogP contribution in [0.3, 0.4) is 0 Å². The number of imidazole rings is 1. The van der Waals surface area contributed by atoms with E-state index in [2.05, 4.69) is 4.98 Å². The van der Waals surface area contributed by atoms with E-state index in [0.717, 1.165) is 0 Å². The highest BCUT2D eigenvalue weighted by atomic mass is 19.4. The number of hydrogen-bond acceptors (Lipinski definition) is 1. The van der Waals surface area contributed by atoms with Crippen LogP contribution < -0.4 is 0 Å². The second-order valence-electron chi connectivity index (χ2n) is 2.49. The van der Waals surface area contributed by atoms with Gasteiger partial charge in [-0.1, -0.05) is 0 Å². The van der Waals surface area contributed by atoms with Gasteiger partial charge in [0.1, 0.15) is 0 Å². The molecule has 0 spiro atoms. The van der Waals surface area contributed by atoms with E-state index in [1.54, 1.807) is 4.57 Å². The highest BCUT2D eigenvalue weighted by molar-refractivity contribution is 4.98. The number of aromatic nitrogens is 2. The predicted molar refractivity (Wildman–Crippen MR) is 37.7 cm³/mol. The van der Waals surface area contributed by atoms with Crippen molar-refractivity contribution in [2.24, 2.45) is 0 Å². The number of halogens is 3. The molecule has 1 aromatic rings. The quantitative estimate of drug-likeness (QED) is 0.677. The third kappa shape index (κ3) is 2.56. The number of rotatable bonds is 2. The fraction of sp³-hybridized carbons (Fsp3) is 0.571. The fourth-order valence-corrected chi connectivity index (χ4v) is 0.876. The molecule has 0 aliphatic rings. The molecule has 1 heterocycles. The average molecular weight is 178 g/mol. The van der Waals surface area contributed by atoms with Gasteiger partial charge < -0.3 is 4.57 Å². The van der Waals surface area contributed by atoms with Gasteiger partial charge in [0.2, 0.25) is 0 Å². The predicted octanol–water partition coefficient (Wildman–Crippen LogP) is 2.01. The molecule has 0 fully saturated rings. The first-order valence-corrected chi connectivity index (χ1v) is 3.58. The zero-order valence-electron chi connectivity index (χ0n) is 6.60. The molecule has 0 saturated heterocycles. The van der Waals surface area contributed by atoms with Crippen molar-refractivity contribution in [3.63, 3.8) is 0 Å². The molecule has 0 aromatic carbocycles. The van der Waals surface area contributed by atoms with Gasteiger partial charge in [-0.2, -0.15) is 13.2 Å². The second kappa shape index (κ2) is 3.16. The van der Waals surface area contributed by atoms with Gasteiger partial charge in [0.25, 0.3) is 0 Å². The lowest BCUT2D eigenvalue weighted by molar-refractivity contribution is -0.127. The Labute approximate surface area is 68.0 Å². The van der Waals surface area contributed by atoms with Gasteiger partial charge in [0, 0.05) is 12.7 Å². The molecule has 5 heteroatoms. The smallest absolute Gasteiger partial charge is 0.337 e. The number of hydrogen-bond donors (Lipinski definition) is 0. The van der Waals surface area contributed by atoms with Crippen LogP contribution in [0.4, 0.5) is 13.2 Å². The van der Waals surface area contributed by atoms with E-state index in [4.69, 9.17) is 0 Å². The SMILES string of the molecule is CCn1cnc(CC(F)(F)F)c1. The third-order valence-corrected chi connectivity index (χ3v) is 1.43. The van der Waals surface area contributed by atoms with Crippen molar-refractivity contribution >= 4 is 0 Å². The average Bonchev–Trinajstić information content (AvgIpc) is 2.32. The summed E-state index contributed by atoms with van der Waals surface area (Å²) in [7, 11) is 0. The maximum Gasteiger partial charge on any atom is 0.394 e. The van der Waals surface area contributed by atoms with E-state index in [1.165, 1.54) is 12.5 Å². The molecular weight excluding hydrogens is 169 g/mol.